The summed E-state index contributed by atoms with van der Waals surface area (Å²) < 4.78 is 31.3. The molecule has 2 aliphatic rings. The third kappa shape index (κ3) is 5.75. The van der Waals surface area contributed by atoms with Crippen LogP contribution in [-0.2, 0) is 11.3 Å². The van der Waals surface area contributed by atoms with Crippen LogP contribution in [0.5, 0.6) is 0 Å². The van der Waals surface area contributed by atoms with Gasteiger partial charge >= 0.3 is 0 Å². The van der Waals surface area contributed by atoms with E-state index in [1.54, 1.807) is 60.9 Å². The van der Waals surface area contributed by atoms with Crippen molar-refractivity contribution >= 4 is 11.8 Å². The van der Waals surface area contributed by atoms with E-state index in [1.807, 2.05) is 4.90 Å². The van der Waals surface area contributed by atoms with Crippen molar-refractivity contribution in [2.45, 2.75) is 64.3 Å². The van der Waals surface area contributed by atoms with Crippen molar-refractivity contribution in [3.63, 3.8) is 0 Å². The van der Waals surface area contributed by atoms with E-state index in [1.165, 1.54) is 0 Å². The molecule has 0 aliphatic carbocycles. The third-order valence-electron chi connectivity index (χ3n) is 7.55. The molecule has 3 aromatic rings. The Labute approximate surface area is 230 Å². The minimum absolute atomic E-state index is 0.0806. The zero-order valence-electron chi connectivity index (χ0n) is 22.8. The molecular weight excluding hydrogens is 522 g/mol. The summed E-state index contributed by atoms with van der Waals surface area (Å²) in [5.74, 6) is -0.761. The molecule has 0 aromatic carbocycles. The smallest absolute Gasteiger partial charge is 0.282 e. The summed E-state index contributed by atoms with van der Waals surface area (Å²) in [5, 5.41) is 18.5. The highest BCUT2D eigenvalue weighted by molar-refractivity contribution is 5.98. The van der Waals surface area contributed by atoms with E-state index < -0.39 is 23.6 Å². The number of aliphatic hydroxyl groups is 1. The molecule has 214 valence electrons. The maximum absolute atomic E-state index is 14.1. The zero-order valence-corrected chi connectivity index (χ0v) is 22.8. The highest BCUT2D eigenvalue weighted by Gasteiger charge is 2.37. The van der Waals surface area contributed by atoms with Crippen molar-refractivity contribution < 1.29 is 23.5 Å². The molecule has 2 amide bonds. The number of halogens is 2. The number of nitrogens with zero attached hydrogens (tertiary/aromatic N) is 7. The molecule has 2 aliphatic heterocycles. The summed E-state index contributed by atoms with van der Waals surface area (Å²) in [6, 6.07) is 3.45. The number of rotatable bonds is 8. The summed E-state index contributed by atoms with van der Waals surface area (Å²) in [6.07, 6.45) is 3.69. The fraction of sp³-hybridized carbons (Fsp3) is 0.519. The average molecular weight is 557 g/mol. The Morgan fingerprint density at radius 3 is 2.42 bits per heavy atom. The molecule has 0 spiro atoms. The van der Waals surface area contributed by atoms with Gasteiger partial charge in [0, 0.05) is 68.2 Å². The van der Waals surface area contributed by atoms with Crippen molar-refractivity contribution in [2.24, 2.45) is 5.73 Å². The number of pyridine rings is 1. The first kappa shape index (κ1) is 27.8. The molecule has 3 aromatic heterocycles. The fourth-order valence-electron chi connectivity index (χ4n) is 5.46. The van der Waals surface area contributed by atoms with E-state index in [9.17, 15) is 23.5 Å². The molecule has 2 fully saturated rings. The molecule has 5 rings (SSSR count). The van der Waals surface area contributed by atoms with Crippen LogP contribution in [0.25, 0.3) is 22.4 Å². The second-order valence-electron chi connectivity index (χ2n) is 11.2. The Morgan fingerprint density at radius 2 is 1.82 bits per heavy atom. The van der Waals surface area contributed by atoms with Crippen LogP contribution in [0.1, 0.15) is 62.3 Å². The van der Waals surface area contributed by atoms with Crippen LogP contribution in [0.3, 0.4) is 0 Å². The SMILES string of the molecule is CC(=O)N1CCC(N2CC(n3cc(-c4ccc(-c5cnn(CC(C)(C)O)c5)nc4C(N)=O)c(C(F)F)n3)C2)CC1. The molecular formula is C27H34F2N8O3. The molecule has 0 unspecified atom stereocenters. The lowest BCUT2D eigenvalue weighted by Gasteiger charge is -2.47. The average Bonchev–Trinajstić information content (AvgIpc) is 3.49. The number of alkyl halides is 2. The van der Waals surface area contributed by atoms with Gasteiger partial charge in [0.15, 0.2) is 0 Å². The second kappa shape index (κ2) is 10.7. The van der Waals surface area contributed by atoms with Crippen LogP contribution in [0.4, 0.5) is 8.78 Å². The quantitative estimate of drug-likeness (QED) is 0.435. The van der Waals surface area contributed by atoms with E-state index in [2.05, 4.69) is 20.1 Å². The van der Waals surface area contributed by atoms with E-state index >= 15 is 0 Å². The number of primary amides is 1. The number of carbonyl (C=O) groups is 2. The Bertz CT molecular complexity index is 1400. The highest BCUT2D eigenvalue weighted by atomic mass is 19.3. The fourth-order valence-corrected chi connectivity index (χ4v) is 5.46. The summed E-state index contributed by atoms with van der Waals surface area (Å²) in [5.41, 5.74) is 5.40. The number of nitrogens with two attached hydrogens (primary N) is 1. The van der Waals surface area contributed by atoms with Gasteiger partial charge in [-0.05, 0) is 38.8 Å². The van der Waals surface area contributed by atoms with E-state index in [-0.39, 0.29) is 35.3 Å². The lowest BCUT2D eigenvalue weighted by Crippen LogP contribution is -2.56. The van der Waals surface area contributed by atoms with Gasteiger partial charge in [-0.3, -0.25) is 23.9 Å². The van der Waals surface area contributed by atoms with Crippen molar-refractivity contribution in [3.05, 3.63) is 42.1 Å². The van der Waals surface area contributed by atoms with Crippen LogP contribution in [-0.4, -0.2) is 89.1 Å². The molecule has 0 saturated carbocycles. The first-order chi connectivity index (χ1) is 18.9. The summed E-state index contributed by atoms with van der Waals surface area (Å²) >= 11 is 0. The molecule has 40 heavy (non-hydrogen) atoms. The molecule has 2 saturated heterocycles. The van der Waals surface area contributed by atoms with E-state index in [4.69, 9.17) is 5.73 Å². The minimum Gasteiger partial charge on any atom is -0.389 e. The van der Waals surface area contributed by atoms with Crippen molar-refractivity contribution in [1.82, 2.24) is 34.3 Å². The first-order valence-electron chi connectivity index (χ1n) is 13.3. The van der Waals surface area contributed by atoms with Crippen molar-refractivity contribution in [2.75, 3.05) is 26.2 Å². The zero-order chi connectivity index (χ0) is 28.8. The van der Waals surface area contributed by atoms with Crippen LogP contribution in [0, 0.1) is 0 Å². The molecule has 3 N–H and O–H groups in total. The largest absolute Gasteiger partial charge is 0.389 e. The third-order valence-corrected chi connectivity index (χ3v) is 7.55. The lowest BCUT2D eigenvalue weighted by atomic mass is 9.97. The Morgan fingerprint density at radius 1 is 1.12 bits per heavy atom. The predicted molar refractivity (Wildman–Crippen MR) is 142 cm³/mol. The van der Waals surface area contributed by atoms with Gasteiger partial charge in [0.05, 0.1) is 30.1 Å². The van der Waals surface area contributed by atoms with Gasteiger partial charge in [-0.15, -0.1) is 0 Å². The molecule has 0 bridgehead atoms. The number of carbonyl (C=O) groups excluding carboxylic acids is 2. The number of amides is 2. The van der Waals surface area contributed by atoms with Crippen LogP contribution in [0.2, 0.25) is 0 Å². The highest BCUT2D eigenvalue weighted by Crippen LogP contribution is 2.36. The van der Waals surface area contributed by atoms with Gasteiger partial charge in [0.25, 0.3) is 12.3 Å². The number of hydrogen-bond donors (Lipinski definition) is 2. The maximum Gasteiger partial charge on any atom is 0.282 e. The van der Waals surface area contributed by atoms with Crippen LogP contribution < -0.4 is 5.73 Å². The van der Waals surface area contributed by atoms with Gasteiger partial charge in [-0.2, -0.15) is 10.2 Å². The molecule has 0 atom stereocenters. The predicted octanol–water partition coefficient (Wildman–Crippen LogP) is 2.48. The summed E-state index contributed by atoms with van der Waals surface area (Å²) in [7, 11) is 0. The summed E-state index contributed by atoms with van der Waals surface area (Å²) in [4.78, 5) is 32.6. The maximum atomic E-state index is 14.1. The first-order valence-corrected chi connectivity index (χ1v) is 13.3. The van der Waals surface area contributed by atoms with E-state index in [0.717, 1.165) is 25.9 Å². The Hall–Kier alpha value is -3.71. The molecule has 13 heteroatoms. The number of likely N-dealkylation sites (tertiary alicyclic amines) is 2. The number of hydrogen-bond acceptors (Lipinski definition) is 7. The minimum atomic E-state index is -2.86. The standard InChI is InChI=1S/C27H34F2N8O3/c1-16(38)34-8-6-18(7-9-34)35-12-19(13-35)37-14-21(23(33-37)25(28)29)20-4-5-22(32-24(20)26(30)39)17-10-31-36(11-17)15-27(2,3)40/h4-5,10-11,14,18-19,25,40H,6-9,12-13,15H2,1-3H3,(H2,30,39). The Balaban J connectivity index is 1.36. The lowest BCUT2D eigenvalue weighted by molar-refractivity contribution is -0.130. The molecule has 0 radical (unpaired) electrons. The monoisotopic (exact) mass is 556 g/mol. The van der Waals surface area contributed by atoms with Crippen LogP contribution >= 0.6 is 0 Å². The van der Waals surface area contributed by atoms with Gasteiger partial charge in [-0.25, -0.2) is 13.8 Å². The van der Waals surface area contributed by atoms with Crippen molar-refractivity contribution in [1.29, 1.82) is 0 Å². The van der Waals surface area contributed by atoms with Crippen molar-refractivity contribution in [3.8, 4) is 22.4 Å². The normalized spacial score (nSPS) is 17.4. The number of aromatic nitrogens is 5. The van der Waals surface area contributed by atoms with Crippen LogP contribution in [0.15, 0.2) is 30.7 Å². The van der Waals surface area contributed by atoms with Gasteiger partial charge in [0.2, 0.25) is 5.91 Å². The van der Waals surface area contributed by atoms with Gasteiger partial charge in [-0.1, -0.05) is 0 Å². The topological polar surface area (TPSA) is 135 Å². The van der Waals surface area contributed by atoms with E-state index in [0.29, 0.717) is 30.4 Å². The number of piperidine rings is 1. The van der Waals surface area contributed by atoms with Gasteiger partial charge in [0.1, 0.15) is 11.4 Å². The molecule has 5 heterocycles. The van der Waals surface area contributed by atoms with Gasteiger partial charge < -0.3 is 15.7 Å². The molecule has 11 nitrogen and oxygen atoms in total. The Kier molecular flexibility index (Phi) is 7.44. The second-order valence-corrected chi connectivity index (χ2v) is 11.2. The summed E-state index contributed by atoms with van der Waals surface area (Å²) in [6.45, 7) is 7.94.